The molecular formula is C15H12N4O7. The van der Waals surface area contributed by atoms with E-state index in [2.05, 4.69) is 10.5 Å². The molecule has 0 fully saturated rings. The number of ether oxygens (including phenoxy) is 1. The average Bonchev–Trinajstić information content (AvgIpc) is 2.62. The Morgan fingerprint density at radius 3 is 2.50 bits per heavy atom. The lowest BCUT2D eigenvalue weighted by molar-refractivity contribution is -0.385. The number of non-ortho nitro benzene ring substituents is 2. The van der Waals surface area contributed by atoms with Gasteiger partial charge < -0.3 is 9.84 Å². The lowest BCUT2D eigenvalue weighted by Crippen LogP contribution is -2.17. The monoisotopic (exact) mass is 360 g/mol. The van der Waals surface area contributed by atoms with Gasteiger partial charge in [-0.2, -0.15) is 5.10 Å². The van der Waals surface area contributed by atoms with Gasteiger partial charge in [-0.15, -0.1) is 0 Å². The minimum absolute atomic E-state index is 0.00260. The number of hydrogen-bond acceptors (Lipinski definition) is 8. The molecule has 134 valence electrons. The lowest BCUT2D eigenvalue weighted by Gasteiger charge is -2.06. The molecule has 0 bridgehead atoms. The Kier molecular flexibility index (Phi) is 5.43. The summed E-state index contributed by atoms with van der Waals surface area (Å²) in [6.07, 6.45) is 0.986. The summed E-state index contributed by atoms with van der Waals surface area (Å²) in [6.45, 7) is 0. The molecule has 0 heterocycles. The minimum atomic E-state index is -0.734. The van der Waals surface area contributed by atoms with Crippen LogP contribution in [0.25, 0.3) is 0 Å². The first-order chi connectivity index (χ1) is 12.3. The summed E-state index contributed by atoms with van der Waals surface area (Å²) in [7, 11) is 1.23. The van der Waals surface area contributed by atoms with Gasteiger partial charge in [-0.1, -0.05) is 6.07 Å². The summed E-state index contributed by atoms with van der Waals surface area (Å²) in [5.74, 6) is -1.26. The summed E-state index contributed by atoms with van der Waals surface area (Å²) in [4.78, 5) is 32.2. The number of aromatic hydroxyl groups is 1. The number of carbonyl (C=O) groups excluding carboxylic acids is 1. The Hall–Kier alpha value is -4.02. The van der Waals surface area contributed by atoms with Crippen LogP contribution in [0, 0.1) is 20.2 Å². The number of carbonyl (C=O) groups is 1. The second-order valence-corrected chi connectivity index (χ2v) is 4.85. The number of nitrogens with zero attached hydrogens (tertiary/aromatic N) is 3. The van der Waals surface area contributed by atoms with Crippen molar-refractivity contribution < 1.29 is 24.5 Å². The molecule has 0 aliphatic heterocycles. The van der Waals surface area contributed by atoms with Gasteiger partial charge in [-0.05, 0) is 6.07 Å². The molecule has 2 aromatic rings. The molecule has 0 spiro atoms. The van der Waals surface area contributed by atoms with E-state index >= 15 is 0 Å². The Balaban J connectivity index is 2.21. The standard InChI is InChI=1S/C15H12N4O7/c1-26-13-7-12(19(24)25)6-10(14(13)20)8-16-17-15(21)9-3-2-4-11(5-9)18(22)23/h2-8,20H,1H3,(H,17,21). The third-order valence-corrected chi connectivity index (χ3v) is 3.21. The lowest BCUT2D eigenvalue weighted by atomic mass is 10.1. The number of nitro groups is 2. The van der Waals surface area contributed by atoms with Crippen molar-refractivity contribution in [2.75, 3.05) is 7.11 Å². The van der Waals surface area contributed by atoms with E-state index in [1.54, 1.807) is 0 Å². The maximum atomic E-state index is 12.0. The van der Waals surface area contributed by atoms with Crippen LogP contribution in [-0.4, -0.2) is 34.2 Å². The van der Waals surface area contributed by atoms with Gasteiger partial charge in [0.25, 0.3) is 17.3 Å². The van der Waals surface area contributed by atoms with Crippen molar-refractivity contribution in [2.45, 2.75) is 0 Å². The number of phenols is 1. The van der Waals surface area contributed by atoms with E-state index in [0.717, 1.165) is 24.4 Å². The van der Waals surface area contributed by atoms with E-state index in [1.165, 1.54) is 25.3 Å². The van der Waals surface area contributed by atoms with Crippen LogP contribution in [0.3, 0.4) is 0 Å². The number of rotatable bonds is 6. The molecule has 2 rings (SSSR count). The first kappa shape index (κ1) is 18.3. The van der Waals surface area contributed by atoms with Crippen molar-refractivity contribution in [2.24, 2.45) is 5.10 Å². The number of methoxy groups -OCH3 is 1. The van der Waals surface area contributed by atoms with Gasteiger partial charge in [0.15, 0.2) is 11.5 Å². The van der Waals surface area contributed by atoms with Crippen molar-refractivity contribution >= 4 is 23.5 Å². The summed E-state index contributed by atoms with van der Waals surface area (Å²) in [6, 6.07) is 7.07. The molecule has 2 N–H and O–H groups in total. The molecule has 11 heteroatoms. The second kappa shape index (κ2) is 7.70. The fourth-order valence-corrected chi connectivity index (χ4v) is 1.96. The Morgan fingerprint density at radius 2 is 1.88 bits per heavy atom. The zero-order valence-electron chi connectivity index (χ0n) is 13.3. The number of hydrazone groups is 1. The zero-order chi connectivity index (χ0) is 19.3. The molecule has 0 aliphatic carbocycles. The van der Waals surface area contributed by atoms with Crippen LogP contribution in [0.2, 0.25) is 0 Å². The zero-order valence-corrected chi connectivity index (χ0v) is 13.3. The van der Waals surface area contributed by atoms with Crippen molar-refractivity contribution in [1.82, 2.24) is 5.43 Å². The van der Waals surface area contributed by atoms with Crippen LogP contribution in [0.5, 0.6) is 11.5 Å². The average molecular weight is 360 g/mol. The van der Waals surface area contributed by atoms with Crippen molar-refractivity contribution in [3.8, 4) is 11.5 Å². The second-order valence-electron chi connectivity index (χ2n) is 4.85. The smallest absolute Gasteiger partial charge is 0.274 e. The highest BCUT2D eigenvalue weighted by Gasteiger charge is 2.16. The number of amides is 1. The predicted molar refractivity (Wildman–Crippen MR) is 89.5 cm³/mol. The molecule has 0 saturated heterocycles. The highest BCUT2D eigenvalue weighted by atomic mass is 16.6. The topological polar surface area (TPSA) is 157 Å². The predicted octanol–water partition coefficient (Wildman–Crippen LogP) is 1.98. The van der Waals surface area contributed by atoms with Gasteiger partial charge >= 0.3 is 0 Å². The van der Waals surface area contributed by atoms with E-state index in [1.807, 2.05) is 0 Å². The molecule has 26 heavy (non-hydrogen) atoms. The van der Waals surface area contributed by atoms with Gasteiger partial charge in [-0.25, -0.2) is 5.43 Å². The molecule has 2 aromatic carbocycles. The highest BCUT2D eigenvalue weighted by Crippen LogP contribution is 2.33. The van der Waals surface area contributed by atoms with Crippen molar-refractivity contribution in [1.29, 1.82) is 0 Å². The summed E-state index contributed by atoms with van der Waals surface area (Å²) >= 11 is 0. The van der Waals surface area contributed by atoms with Crippen LogP contribution < -0.4 is 10.2 Å². The number of hydrogen-bond donors (Lipinski definition) is 2. The van der Waals surface area contributed by atoms with Gasteiger partial charge in [0, 0.05) is 29.3 Å². The molecule has 0 atom stereocenters. The number of nitro benzene ring substituents is 2. The highest BCUT2D eigenvalue weighted by molar-refractivity contribution is 5.95. The Bertz CT molecular complexity index is 911. The molecule has 0 aromatic heterocycles. The van der Waals surface area contributed by atoms with E-state index in [9.17, 15) is 30.1 Å². The molecule has 0 unspecified atom stereocenters. The maximum Gasteiger partial charge on any atom is 0.274 e. The summed E-state index contributed by atoms with van der Waals surface area (Å²) in [5, 5.41) is 35.1. The first-order valence-corrected chi connectivity index (χ1v) is 6.96. The third kappa shape index (κ3) is 4.08. The summed E-state index contributed by atoms with van der Waals surface area (Å²) in [5.41, 5.74) is 1.45. The van der Waals surface area contributed by atoms with E-state index in [0.29, 0.717) is 0 Å². The largest absolute Gasteiger partial charge is 0.504 e. The fraction of sp³-hybridized carbons (Fsp3) is 0.0667. The molecule has 0 aliphatic rings. The number of benzene rings is 2. The molecule has 0 saturated carbocycles. The maximum absolute atomic E-state index is 12.0. The van der Waals surface area contributed by atoms with Crippen LogP contribution in [0.4, 0.5) is 11.4 Å². The van der Waals surface area contributed by atoms with Crippen molar-refractivity contribution in [3.63, 3.8) is 0 Å². The molecular weight excluding hydrogens is 348 g/mol. The van der Waals surface area contributed by atoms with Crippen LogP contribution in [0.1, 0.15) is 15.9 Å². The van der Waals surface area contributed by atoms with Gasteiger partial charge in [0.1, 0.15) is 0 Å². The third-order valence-electron chi connectivity index (χ3n) is 3.21. The van der Waals surface area contributed by atoms with Crippen molar-refractivity contribution in [3.05, 3.63) is 67.8 Å². The van der Waals surface area contributed by atoms with E-state index < -0.39 is 21.5 Å². The molecule has 11 nitrogen and oxygen atoms in total. The SMILES string of the molecule is COc1cc([N+](=O)[O-])cc(C=NNC(=O)c2cccc([N+](=O)[O-])c2)c1O. The minimum Gasteiger partial charge on any atom is -0.504 e. The Morgan fingerprint density at radius 1 is 1.19 bits per heavy atom. The van der Waals surface area contributed by atoms with Gasteiger partial charge in [0.05, 0.1) is 29.2 Å². The first-order valence-electron chi connectivity index (χ1n) is 6.96. The van der Waals surface area contributed by atoms with Crippen LogP contribution in [0.15, 0.2) is 41.5 Å². The normalized spacial score (nSPS) is 10.5. The van der Waals surface area contributed by atoms with Crippen LogP contribution in [-0.2, 0) is 0 Å². The van der Waals surface area contributed by atoms with E-state index in [-0.39, 0.29) is 28.3 Å². The Labute approximate surface area is 145 Å². The summed E-state index contributed by atoms with van der Waals surface area (Å²) < 4.78 is 4.84. The van der Waals surface area contributed by atoms with E-state index in [4.69, 9.17) is 4.74 Å². The number of nitrogens with one attached hydrogen (secondary N) is 1. The van der Waals surface area contributed by atoms with Crippen LogP contribution >= 0.6 is 0 Å². The number of phenolic OH excluding ortho intramolecular Hbond substituents is 1. The van der Waals surface area contributed by atoms with Gasteiger partial charge in [-0.3, -0.25) is 25.0 Å². The van der Waals surface area contributed by atoms with Gasteiger partial charge in [0.2, 0.25) is 0 Å². The molecule has 0 radical (unpaired) electrons. The molecule has 1 amide bonds. The quantitative estimate of drug-likeness (QED) is 0.453. The fourth-order valence-electron chi connectivity index (χ4n) is 1.96.